The van der Waals surface area contributed by atoms with Crippen molar-refractivity contribution >= 4 is 28.5 Å². The van der Waals surface area contributed by atoms with Gasteiger partial charge >= 0.3 is 0 Å². The molecule has 6 heteroatoms. The van der Waals surface area contributed by atoms with E-state index in [-0.39, 0.29) is 17.7 Å². The molecule has 16 heavy (non-hydrogen) atoms. The number of hydrogen-bond donors (Lipinski definition) is 0. The summed E-state index contributed by atoms with van der Waals surface area (Å²) >= 11 is 1.07. The summed E-state index contributed by atoms with van der Waals surface area (Å²) in [6.07, 6.45) is 1.32. The lowest BCUT2D eigenvalue weighted by Crippen LogP contribution is -2.30. The van der Waals surface area contributed by atoms with Crippen molar-refractivity contribution in [3.8, 4) is 0 Å². The Kier molecular flexibility index (Phi) is 2.59. The average molecular weight is 237 g/mol. The Labute approximate surface area is 97.0 Å². The van der Waals surface area contributed by atoms with E-state index in [0.29, 0.717) is 16.5 Å². The molecule has 2 rings (SSSR count). The van der Waals surface area contributed by atoms with Crippen LogP contribution in [0.1, 0.15) is 32.5 Å². The molecule has 0 saturated heterocycles. The standard InChI is InChI=1S/C10H11N3O2S/c1-5(2)8-11-10(16-12-8)13-7(14)4-6(3)9(13)15/h4-5H,1-3H3. The molecule has 2 amide bonds. The van der Waals surface area contributed by atoms with Gasteiger partial charge in [0.05, 0.1) is 0 Å². The third-order valence-corrected chi connectivity index (χ3v) is 2.96. The predicted molar refractivity (Wildman–Crippen MR) is 60.2 cm³/mol. The van der Waals surface area contributed by atoms with Crippen LogP contribution in [0.25, 0.3) is 0 Å². The Balaban J connectivity index is 2.32. The molecule has 0 radical (unpaired) electrons. The van der Waals surface area contributed by atoms with Gasteiger partial charge in [0.2, 0.25) is 5.13 Å². The van der Waals surface area contributed by atoms with E-state index in [1.807, 2.05) is 13.8 Å². The minimum absolute atomic E-state index is 0.187. The number of aromatic nitrogens is 2. The highest BCUT2D eigenvalue weighted by molar-refractivity contribution is 7.10. The molecule has 0 aromatic carbocycles. The highest BCUT2D eigenvalue weighted by Gasteiger charge is 2.32. The maximum Gasteiger partial charge on any atom is 0.263 e. The molecule has 0 N–H and O–H groups in total. The topological polar surface area (TPSA) is 63.2 Å². The Morgan fingerprint density at radius 1 is 1.38 bits per heavy atom. The molecule has 0 atom stereocenters. The van der Waals surface area contributed by atoms with Crippen LogP contribution in [0.5, 0.6) is 0 Å². The van der Waals surface area contributed by atoms with Gasteiger partial charge in [-0.15, -0.1) is 0 Å². The summed E-state index contributed by atoms with van der Waals surface area (Å²) < 4.78 is 4.12. The Hall–Kier alpha value is -1.56. The molecule has 0 unspecified atom stereocenters. The fourth-order valence-electron chi connectivity index (χ4n) is 1.32. The normalized spacial score (nSPS) is 16.2. The van der Waals surface area contributed by atoms with Gasteiger partial charge in [0, 0.05) is 29.1 Å². The molecule has 1 aliphatic heterocycles. The predicted octanol–water partition coefficient (Wildman–Crippen LogP) is 1.48. The van der Waals surface area contributed by atoms with E-state index in [1.165, 1.54) is 6.08 Å². The molecule has 84 valence electrons. The summed E-state index contributed by atoms with van der Waals surface area (Å²) in [5.74, 6) is 0.197. The third-order valence-electron chi connectivity index (χ3n) is 2.24. The quantitative estimate of drug-likeness (QED) is 0.731. The number of carbonyl (C=O) groups is 2. The van der Waals surface area contributed by atoms with Crippen LogP contribution >= 0.6 is 11.5 Å². The number of amides is 2. The lowest BCUT2D eigenvalue weighted by atomic mass is 10.2. The van der Waals surface area contributed by atoms with E-state index < -0.39 is 0 Å². The maximum absolute atomic E-state index is 11.7. The lowest BCUT2D eigenvalue weighted by Gasteiger charge is -2.08. The number of hydrogen-bond acceptors (Lipinski definition) is 5. The van der Waals surface area contributed by atoms with Gasteiger partial charge in [0.1, 0.15) is 5.82 Å². The van der Waals surface area contributed by atoms with Gasteiger partial charge in [-0.3, -0.25) is 9.59 Å². The minimum Gasteiger partial charge on any atom is -0.269 e. The summed E-state index contributed by atoms with van der Waals surface area (Å²) in [6.45, 7) is 5.54. The van der Waals surface area contributed by atoms with Crippen LogP contribution in [0, 0.1) is 0 Å². The number of nitrogens with zero attached hydrogens (tertiary/aromatic N) is 3. The van der Waals surface area contributed by atoms with Gasteiger partial charge in [-0.1, -0.05) is 13.8 Å². The largest absolute Gasteiger partial charge is 0.269 e. The van der Waals surface area contributed by atoms with Crippen molar-refractivity contribution in [3.63, 3.8) is 0 Å². The van der Waals surface area contributed by atoms with Crippen LogP contribution in [-0.4, -0.2) is 21.2 Å². The second-order valence-corrected chi connectivity index (χ2v) is 4.63. The van der Waals surface area contributed by atoms with Crippen LogP contribution in [0.4, 0.5) is 5.13 Å². The SMILES string of the molecule is CC1=CC(=O)N(c2nc(C(C)C)ns2)C1=O. The summed E-state index contributed by atoms with van der Waals surface area (Å²) in [5.41, 5.74) is 0.436. The highest BCUT2D eigenvalue weighted by Crippen LogP contribution is 2.25. The van der Waals surface area contributed by atoms with E-state index in [0.717, 1.165) is 16.4 Å². The molecule has 2 heterocycles. The van der Waals surface area contributed by atoms with E-state index in [2.05, 4.69) is 9.36 Å². The number of rotatable bonds is 2. The molecule has 0 aliphatic carbocycles. The van der Waals surface area contributed by atoms with Crippen LogP contribution in [0.3, 0.4) is 0 Å². The first-order chi connectivity index (χ1) is 7.50. The van der Waals surface area contributed by atoms with Gasteiger partial charge in [-0.2, -0.15) is 4.37 Å². The van der Waals surface area contributed by atoms with Crippen molar-refractivity contribution in [2.45, 2.75) is 26.7 Å². The lowest BCUT2D eigenvalue weighted by molar-refractivity contribution is -0.120. The minimum atomic E-state index is -0.339. The maximum atomic E-state index is 11.7. The van der Waals surface area contributed by atoms with Gasteiger partial charge < -0.3 is 0 Å². The van der Waals surface area contributed by atoms with Gasteiger partial charge in [-0.25, -0.2) is 9.88 Å². The number of carbonyl (C=O) groups excluding carboxylic acids is 2. The molecule has 1 aromatic heterocycles. The zero-order chi connectivity index (χ0) is 11.9. The van der Waals surface area contributed by atoms with E-state index >= 15 is 0 Å². The van der Waals surface area contributed by atoms with E-state index in [4.69, 9.17) is 0 Å². The van der Waals surface area contributed by atoms with Crippen molar-refractivity contribution in [2.75, 3.05) is 4.90 Å². The summed E-state index contributed by atoms with van der Waals surface area (Å²) in [5, 5.41) is 0.354. The molecular weight excluding hydrogens is 226 g/mol. The van der Waals surface area contributed by atoms with Gasteiger partial charge in [0.25, 0.3) is 11.8 Å². The number of anilines is 1. The number of imide groups is 1. The second kappa shape index (κ2) is 3.79. The summed E-state index contributed by atoms with van der Waals surface area (Å²) in [7, 11) is 0. The fourth-order valence-corrected chi connectivity index (χ4v) is 2.14. The first-order valence-electron chi connectivity index (χ1n) is 4.91. The summed E-state index contributed by atoms with van der Waals surface area (Å²) in [6, 6.07) is 0. The molecular formula is C10H11N3O2S. The molecule has 1 aromatic rings. The first-order valence-corrected chi connectivity index (χ1v) is 5.68. The Bertz CT molecular complexity index is 490. The van der Waals surface area contributed by atoms with E-state index in [9.17, 15) is 9.59 Å². The van der Waals surface area contributed by atoms with Crippen LogP contribution < -0.4 is 4.90 Å². The smallest absolute Gasteiger partial charge is 0.263 e. The Morgan fingerprint density at radius 2 is 2.06 bits per heavy atom. The van der Waals surface area contributed by atoms with Crippen molar-refractivity contribution in [3.05, 3.63) is 17.5 Å². The van der Waals surface area contributed by atoms with Crippen molar-refractivity contribution in [1.82, 2.24) is 9.36 Å². The summed E-state index contributed by atoms with van der Waals surface area (Å²) in [4.78, 5) is 28.5. The van der Waals surface area contributed by atoms with Crippen molar-refractivity contribution in [2.24, 2.45) is 0 Å². The second-order valence-electron chi connectivity index (χ2n) is 3.90. The zero-order valence-corrected chi connectivity index (χ0v) is 10.0. The zero-order valence-electron chi connectivity index (χ0n) is 9.22. The van der Waals surface area contributed by atoms with Crippen LogP contribution in [0.2, 0.25) is 0 Å². The molecule has 5 nitrogen and oxygen atoms in total. The van der Waals surface area contributed by atoms with Gasteiger partial charge in [-0.05, 0) is 6.92 Å². The molecule has 1 aliphatic rings. The van der Waals surface area contributed by atoms with Crippen molar-refractivity contribution < 1.29 is 9.59 Å². The highest BCUT2D eigenvalue weighted by atomic mass is 32.1. The van der Waals surface area contributed by atoms with Crippen LogP contribution in [-0.2, 0) is 9.59 Å². The van der Waals surface area contributed by atoms with Gasteiger partial charge in [0.15, 0.2) is 0 Å². The Morgan fingerprint density at radius 3 is 2.50 bits per heavy atom. The third kappa shape index (κ3) is 1.65. The molecule has 0 fully saturated rings. The van der Waals surface area contributed by atoms with E-state index in [1.54, 1.807) is 6.92 Å². The average Bonchev–Trinajstić information content (AvgIpc) is 2.74. The first kappa shape index (κ1) is 10.9. The monoisotopic (exact) mass is 237 g/mol. The molecule has 0 bridgehead atoms. The van der Waals surface area contributed by atoms with Crippen LogP contribution in [0.15, 0.2) is 11.6 Å². The van der Waals surface area contributed by atoms with Crippen molar-refractivity contribution in [1.29, 1.82) is 0 Å². The molecule has 0 saturated carbocycles. The fraction of sp³-hybridized carbons (Fsp3) is 0.400. The molecule has 0 spiro atoms.